The first-order valence-corrected chi connectivity index (χ1v) is 8.67. The van der Waals surface area contributed by atoms with Gasteiger partial charge in [-0.2, -0.15) is 0 Å². The van der Waals surface area contributed by atoms with Crippen molar-refractivity contribution in [3.8, 4) is 5.75 Å². The number of rotatable bonds is 8. The Morgan fingerprint density at radius 2 is 1.80 bits per heavy atom. The number of hydrogen-bond acceptors (Lipinski definition) is 3. The molecule has 0 aromatic heterocycles. The number of alkyl halides is 3. The average molecular weight is 358 g/mol. The second-order valence-corrected chi connectivity index (χ2v) is 6.62. The lowest BCUT2D eigenvalue weighted by Crippen LogP contribution is -2.33. The molecular formula is C18H25F3N2O2. The van der Waals surface area contributed by atoms with E-state index in [1.54, 1.807) is 12.1 Å². The van der Waals surface area contributed by atoms with Gasteiger partial charge in [-0.25, -0.2) is 0 Å². The van der Waals surface area contributed by atoms with Gasteiger partial charge in [0, 0.05) is 13.0 Å². The fourth-order valence-electron chi connectivity index (χ4n) is 3.22. The summed E-state index contributed by atoms with van der Waals surface area (Å²) in [4.78, 5) is 13.0. The van der Waals surface area contributed by atoms with Crippen LogP contribution in [-0.2, 0) is 11.3 Å². The van der Waals surface area contributed by atoms with Crippen molar-refractivity contribution in [2.45, 2.75) is 51.4 Å². The predicted octanol–water partition coefficient (Wildman–Crippen LogP) is 3.84. The monoisotopic (exact) mass is 358 g/mol. The largest absolute Gasteiger partial charge is 0.573 e. The van der Waals surface area contributed by atoms with E-state index < -0.39 is 6.36 Å². The van der Waals surface area contributed by atoms with Gasteiger partial charge in [0.25, 0.3) is 0 Å². The Bertz CT molecular complexity index is 538. The van der Waals surface area contributed by atoms with Crippen LogP contribution in [-0.4, -0.2) is 30.3 Å². The molecule has 140 valence electrons. The lowest BCUT2D eigenvalue weighted by atomic mass is 9.91. The zero-order valence-electron chi connectivity index (χ0n) is 14.2. The molecule has 1 fully saturated rings. The van der Waals surface area contributed by atoms with Gasteiger partial charge >= 0.3 is 6.36 Å². The molecule has 4 nitrogen and oxygen atoms in total. The number of amides is 1. The molecule has 0 radical (unpaired) electrons. The molecule has 1 aromatic rings. The van der Waals surface area contributed by atoms with Crippen LogP contribution in [0.4, 0.5) is 13.2 Å². The number of unbranched alkanes of at least 4 members (excludes halogenated alkanes) is 1. The molecule has 0 bridgehead atoms. The number of likely N-dealkylation sites (tertiary alicyclic amines) is 1. The van der Waals surface area contributed by atoms with Gasteiger partial charge in [0.05, 0.1) is 0 Å². The molecule has 7 heteroatoms. The Morgan fingerprint density at radius 1 is 1.16 bits per heavy atom. The number of carbonyl (C=O) groups is 1. The highest BCUT2D eigenvalue weighted by Crippen LogP contribution is 2.26. The summed E-state index contributed by atoms with van der Waals surface area (Å²) in [5, 5.41) is 0. The van der Waals surface area contributed by atoms with Crippen molar-refractivity contribution >= 4 is 5.91 Å². The summed E-state index contributed by atoms with van der Waals surface area (Å²) in [6.07, 6.45) is 1.08. The number of nitrogens with zero attached hydrogens (tertiary/aromatic N) is 1. The van der Waals surface area contributed by atoms with E-state index in [-0.39, 0.29) is 11.7 Å². The zero-order chi connectivity index (χ0) is 18.3. The average Bonchev–Trinajstić information content (AvgIpc) is 2.53. The molecule has 0 unspecified atom stereocenters. The van der Waals surface area contributed by atoms with Gasteiger partial charge in [-0.15, -0.1) is 13.2 Å². The van der Waals surface area contributed by atoms with Gasteiger partial charge in [0.15, 0.2) is 0 Å². The quantitative estimate of drug-likeness (QED) is 0.718. The van der Waals surface area contributed by atoms with Gasteiger partial charge in [-0.05, 0) is 56.0 Å². The minimum absolute atomic E-state index is 0.189. The third kappa shape index (κ3) is 7.77. The van der Waals surface area contributed by atoms with E-state index in [4.69, 9.17) is 5.73 Å². The van der Waals surface area contributed by atoms with Crippen molar-refractivity contribution < 1.29 is 22.7 Å². The summed E-state index contributed by atoms with van der Waals surface area (Å²) in [6, 6.07) is 6.07. The van der Waals surface area contributed by atoms with Crippen molar-refractivity contribution in [3.63, 3.8) is 0 Å². The van der Waals surface area contributed by atoms with Crippen LogP contribution in [0.15, 0.2) is 24.3 Å². The molecule has 0 spiro atoms. The number of hydrogen-bond donors (Lipinski definition) is 1. The van der Waals surface area contributed by atoms with Crippen LogP contribution in [0.3, 0.4) is 0 Å². The Morgan fingerprint density at radius 3 is 2.36 bits per heavy atom. The van der Waals surface area contributed by atoms with Crippen molar-refractivity contribution in [2.75, 3.05) is 13.1 Å². The van der Waals surface area contributed by atoms with Crippen LogP contribution in [0, 0.1) is 5.92 Å². The van der Waals surface area contributed by atoms with E-state index in [1.165, 1.54) is 12.1 Å². The molecule has 1 aromatic carbocycles. The Labute approximate surface area is 146 Å². The lowest BCUT2D eigenvalue weighted by molar-refractivity contribution is -0.274. The maximum Gasteiger partial charge on any atom is 0.573 e. The Hall–Kier alpha value is -1.76. The van der Waals surface area contributed by atoms with Gasteiger partial charge in [0.1, 0.15) is 5.75 Å². The first-order chi connectivity index (χ1) is 11.8. The van der Waals surface area contributed by atoms with Gasteiger partial charge < -0.3 is 10.5 Å². The number of benzene rings is 1. The minimum atomic E-state index is -4.65. The summed E-state index contributed by atoms with van der Waals surface area (Å²) in [7, 11) is 0. The first-order valence-electron chi connectivity index (χ1n) is 8.67. The second-order valence-electron chi connectivity index (χ2n) is 6.62. The maximum absolute atomic E-state index is 12.1. The van der Waals surface area contributed by atoms with E-state index in [1.807, 2.05) is 0 Å². The maximum atomic E-state index is 12.1. The first kappa shape index (κ1) is 19.6. The molecule has 1 aliphatic heterocycles. The summed E-state index contributed by atoms with van der Waals surface area (Å²) in [6.45, 7) is 2.71. The van der Waals surface area contributed by atoms with Gasteiger partial charge in [-0.1, -0.05) is 25.0 Å². The molecule has 2 N–H and O–H groups in total. The number of primary amides is 1. The van der Waals surface area contributed by atoms with Crippen LogP contribution < -0.4 is 10.5 Å². The van der Waals surface area contributed by atoms with E-state index in [9.17, 15) is 18.0 Å². The number of piperidine rings is 1. The number of halogens is 3. The molecule has 1 aliphatic rings. The lowest BCUT2D eigenvalue weighted by Gasteiger charge is -2.32. The topological polar surface area (TPSA) is 55.6 Å². The molecule has 1 amide bonds. The fraction of sp³-hybridized carbons (Fsp3) is 0.611. The minimum Gasteiger partial charge on any atom is -0.406 e. The number of ether oxygens (including phenoxy) is 1. The van der Waals surface area contributed by atoms with E-state index >= 15 is 0 Å². The zero-order valence-corrected chi connectivity index (χ0v) is 14.2. The van der Waals surface area contributed by atoms with Crippen LogP contribution in [0.25, 0.3) is 0 Å². The molecule has 0 saturated carbocycles. The van der Waals surface area contributed by atoms with Crippen LogP contribution in [0.5, 0.6) is 5.75 Å². The third-order valence-corrected chi connectivity index (χ3v) is 4.56. The molecule has 1 saturated heterocycles. The van der Waals surface area contributed by atoms with Crippen molar-refractivity contribution in [3.05, 3.63) is 29.8 Å². The van der Waals surface area contributed by atoms with Crippen molar-refractivity contribution in [1.29, 1.82) is 0 Å². The van der Waals surface area contributed by atoms with Gasteiger partial charge in [-0.3, -0.25) is 9.69 Å². The third-order valence-electron chi connectivity index (χ3n) is 4.56. The summed E-state index contributed by atoms with van der Waals surface area (Å²) in [5.41, 5.74) is 6.11. The Kier molecular flexibility index (Phi) is 7.11. The molecule has 1 heterocycles. The highest BCUT2D eigenvalue weighted by molar-refractivity contribution is 5.73. The molecule has 0 aliphatic carbocycles. The number of carbonyl (C=O) groups excluding carboxylic acids is 1. The van der Waals surface area contributed by atoms with Crippen molar-refractivity contribution in [1.82, 2.24) is 4.90 Å². The highest BCUT2D eigenvalue weighted by atomic mass is 19.4. The SMILES string of the molecule is NC(=O)CCCCC1CCN(Cc2ccc(OC(F)(F)F)cc2)CC1. The van der Waals surface area contributed by atoms with E-state index in [0.29, 0.717) is 12.3 Å². The standard InChI is InChI=1S/C18H25F3N2O2/c19-18(20,21)25-16-7-5-15(6-8-16)13-23-11-9-14(10-12-23)3-1-2-4-17(22)24/h5-8,14H,1-4,9-13H2,(H2,22,24). The molecule has 25 heavy (non-hydrogen) atoms. The van der Waals surface area contributed by atoms with Crippen LogP contribution >= 0.6 is 0 Å². The van der Waals surface area contributed by atoms with Crippen molar-refractivity contribution in [2.24, 2.45) is 11.7 Å². The van der Waals surface area contributed by atoms with Crippen LogP contribution in [0.2, 0.25) is 0 Å². The molecular weight excluding hydrogens is 333 g/mol. The van der Waals surface area contributed by atoms with Crippen LogP contribution in [0.1, 0.15) is 44.1 Å². The smallest absolute Gasteiger partial charge is 0.406 e. The normalized spacial score (nSPS) is 16.8. The second kappa shape index (κ2) is 9.08. The number of nitrogens with two attached hydrogens (primary N) is 1. The Balaban J connectivity index is 1.68. The highest BCUT2D eigenvalue weighted by Gasteiger charge is 2.31. The molecule has 0 atom stereocenters. The fourth-order valence-corrected chi connectivity index (χ4v) is 3.22. The summed E-state index contributed by atoms with van der Waals surface area (Å²) >= 11 is 0. The van der Waals surface area contributed by atoms with E-state index in [2.05, 4.69) is 9.64 Å². The molecule has 2 rings (SSSR count). The van der Waals surface area contributed by atoms with E-state index in [0.717, 1.165) is 57.3 Å². The summed E-state index contributed by atoms with van der Waals surface area (Å²) in [5.74, 6) is 0.263. The van der Waals surface area contributed by atoms with Gasteiger partial charge in [0.2, 0.25) is 5.91 Å². The summed E-state index contributed by atoms with van der Waals surface area (Å²) < 4.78 is 40.3. The predicted molar refractivity (Wildman–Crippen MR) is 88.8 cm³/mol.